The molecule has 4 nitrogen and oxygen atoms in total. The van der Waals surface area contributed by atoms with Gasteiger partial charge in [-0.1, -0.05) is 11.6 Å². The molecule has 0 aromatic heterocycles. The van der Waals surface area contributed by atoms with Gasteiger partial charge in [-0.05, 0) is 30.3 Å². The lowest BCUT2D eigenvalue weighted by Crippen LogP contribution is -2.14. The minimum Gasteiger partial charge on any atom is -0.478 e. The summed E-state index contributed by atoms with van der Waals surface area (Å²) in [5.41, 5.74) is -1.01. The number of benzene rings is 2. The summed E-state index contributed by atoms with van der Waals surface area (Å²) in [6.45, 7) is 0. The minimum atomic E-state index is -1.33. The molecule has 22 heavy (non-hydrogen) atoms. The summed E-state index contributed by atoms with van der Waals surface area (Å²) in [7, 11) is 0. The van der Waals surface area contributed by atoms with Crippen LogP contribution in [-0.2, 0) is 0 Å². The van der Waals surface area contributed by atoms with Crippen molar-refractivity contribution in [2.75, 3.05) is 5.32 Å². The van der Waals surface area contributed by atoms with Crippen LogP contribution in [-0.4, -0.2) is 17.0 Å². The van der Waals surface area contributed by atoms with Gasteiger partial charge in [0.05, 0.1) is 21.8 Å². The van der Waals surface area contributed by atoms with Gasteiger partial charge >= 0.3 is 5.97 Å². The van der Waals surface area contributed by atoms with Crippen LogP contribution in [0.25, 0.3) is 0 Å². The van der Waals surface area contributed by atoms with Crippen molar-refractivity contribution in [1.82, 2.24) is 0 Å². The maximum atomic E-state index is 13.7. The zero-order valence-corrected chi connectivity index (χ0v) is 11.4. The molecule has 8 heteroatoms. The van der Waals surface area contributed by atoms with Crippen LogP contribution in [0.4, 0.5) is 18.9 Å². The Kier molecular flexibility index (Phi) is 4.37. The van der Waals surface area contributed by atoms with E-state index in [-0.39, 0.29) is 21.8 Å². The van der Waals surface area contributed by atoms with E-state index in [1.54, 1.807) is 0 Å². The van der Waals surface area contributed by atoms with Gasteiger partial charge in [0.1, 0.15) is 5.82 Å². The van der Waals surface area contributed by atoms with Gasteiger partial charge in [-0.2, -0.15) is 0 Å². The summed E-state index contributed by atoms with van der Waals surface area (Å²) in [6.07, 6.45) is 0. The number of hydrogen-bond donors (Lipinski definition) is 2. The van der Waals surface area contributed by atoms with Crippen LogP contribution in [0.1, 0.15) is 20.7 Å². The van der Waals surface area contributed by atoms with Crippen LogP contribution in [0.15, 0.2) is 30.3 Å². The van der Waals surface area contributed by atoms with Crippen LogP contribution in [0, 0.1) is 17.5 Å². The number of carboxylic acids is 1. The Balaban J connectivity index is 2.30. The standard InChI is InChI=1S/C14H7ClF3NO3/c15-8-5-10(17)9(16)4-7(8)13(20)19-12-2-1-6(14(21)22)3-11(12)18/h1-5H,(H,19,20)(H,21,22). The Hall–Kier alpha value is -2.54. The first kappa shape index (κ1) is 15.8. The number of amides is 1. The smallest absolute Gasteiger partial charge is 0.335 e. The van der Waals surface area contributed by atoms with Crippen LogP contribution in [0.2, 0.25) is 5.02 Å². The second-order valence-electron chi connectivity index (χ2n) is 4.20. The third kappa shape index (κ3) is 3.20. The third-order valence-electron chi connectivity index (χ3n) is 2.72. The quantitative estimate of drug-likeness (QED) is 0.844. The maximum absolute atomic E-state index is 13.7. The molecule has 0 unspecified atom stereocenters. The van der Waals surface area contributed by atoms with E-state index >= 15 is 0 Å². The number of aromatic carboxylic acids is 1. The molecule has 2 rings (SSSR count). The molecule has 0 aliphatic carbocycles. The van der Waals surface area contributed by atoms with Crippen LogP contribution >= 0.6 is 11.6 Å². The highest BCUT2D eigenvalue weighted by Gasteiger charge is 2.17. The zero-order chi connectivity index (χ0) is 16.4. The second kappa shape index (κ2) is 6.07. The SMILES string of the molecule is O=C(O)c1ccc(NC(=O)c2cc(F)c(F)cc2Cl)c(F)c1. The Morgan fingerprint density at radius 2 is 1.64 bits per heavy atom. The van der Waals surface area contributed by atoms with Crippen molar-refractivity contribution in [3.63, 3.8) is 0 Å². The molecule has 2 aromatic carbocycles. The first-order valence-corrected chi connectivity index (χ1v) is 6.16. The summed E-state index contributed by atoms with van der Waals surface area (Å²) in [5, 5.41) is 10.5. The number of rotatable bonds is 3. The Morgan fingerprint density at radius 1 is 1.00 bits per heavy atom. The number of halogens is 4. The van der Waals surface area contributed by atoms with E-state index in [2.05, 4.69) is 5.32 Å². The average molecular weight is 330 g/mol. The molecular weight excluding hydrogens is 323 g/mol. The molecular formula is C14H7ClF3NO3. The monoisotopic (exact) mass is 329 g/mol. The van der Waals surface area contributed by atoms with Crippen molar-refractivity contribution in [3.05, 3.63) is 63.9 Å². The molecule has 0 bridgehead atoms. The van der Waals surface area contributed by atoms with E-state index in [1.165, 1.54) is 0 Å². The lowest BCUT2D eigenvalue weighted by Gasteiger charge is -2.09. The number of carbonyl (C=O) groups is 2. The topological polar surface area (TPSA) is 66.4 Å². The predicted octanol–water partition coefficient (Wildman–Crippen LogP) is 3.71. The summed E-state index contributed by atoms with van der Waals surface area (Å²) >= 11 is 5.63. The molecule has 0 aliphatic rings. The van der Waals surface area contributed by atoms with Crippen molar-refractivity contribution in [1.29, 1.82) is 0 Å². The summed E-state index contributed by atoms with van der Waals surface area (Å²) in [4.78, 5) is 22.6. The molecule has 114 valence electrons. The number of hydrogen-bond acceptors (Lipinski definition) is 2. The van der Waals surface area contributed by atoms with Crippen molar-refractivity contribution >= 4 is 29.2 Å². The van der Waals surface area contributed by atoms with E-state index in [1.807, 2.05) is 0 Å². The van der Waals surface area contributed by atoms with E-state index in [9.17, 15) is 22.8 Å². The highest BCUT2D eigenvalue weighted by atomic mass is 35.5. The van der Waals surface area contributed by atoms with Crippen LogP contribution in [0.5, 0.6) is 0 Å². The van der Waals surface area contributed by atoms with Crippen molar-refractivity contribution < 1.29 is 27.9 Å². The predicted molar refractivity (Wildman–Crippen MR) is 72.7 cm³/mol. The third-order valence-corrected chi connectivity index (χ3v) is 3.03. The fourth-order valence-electron chi connectivity index (χ4n) is 1.64. The van der Waals surface area contributed by atoms with Gasteiger partial charge in [0.2, 0.25) is 0 Å². The van der Waals surface area contributed by atoms with Gasteiger partial charge in [0.25, 0.3) is 5.91 Å². The fourth-order valence-corrected chi connectivity index (χ4v) is 1.87. The average Bonchev–Trinajstić information content (AvgIpc) is 2.44. The lowest BCUT2D eigenvalue weighted by molar-refractivity contribution is 0.0696. The maximum Gasteiger partial charge on any atom is 0.335 e. The molecule has 0 atom stereocenters. The summed E-state index contributed by atoms with van der Waals surface area (Å²) < 4.78 is 39.7. The number of carbonyl (C=O) groups excluding carboxylic acids is 1. The first-order valence-electron chi connectivity index (χ1n) is 5.78. The Labute approximate surface area is 127 Å². The fraction of sp³-hybridized carbons (Fsp3) is 0. The number of carboxylic acid groups (broad SMARTS) is 1. The molecule has 0 radical (unpaired) electrons. The van der Waals surface area contributed by atoms with Gasteiger partial charge < -0.3 is 10.4 Å². The van der Waals surface area contributed by atoms with E-state index in [4.69, 9.17) is 16.7 Å². The van der Waals surface area contributed by atoms with Crippen molar-refractivity contribution in [2.45, 2.75) is 0 Å². The Bertz CT molecular complexity index is 780. The van der Waals surface area contributed by atoms with E-state index < -0.39 is 29.3 Å². The summed E-state index contributed by atoms with van der Waals surface area (Å²) in [5.74, 6) is -5.80. The molecule has 0 saturated heterocycles. The molecule has 0 saturated carbocycles. The number of nitrogens with one attached hydrogen (secondary N) is 1. The van der Waals surface area contributed by atoms with E-state index in [0.717, 1.165) is 12.1 Å². The van der Waals surface area contributed by atoms with Crippen molar-refractivity contribution in [3.8, 4) is 0 Å². The second-order valence-corrected chi connectivity index (χ2v) is 4.61. The van der Waals surface area contributed by atoms with Gasteiger partial charge in [-0.15, -0.1) is 0 Å². The summed E-state index contributed by atoms with van der Waals surface area (Å²) in [6, 6.07) is 4.02. The van der Waals surface area contributed by atoms with Crippen LogP contribution in [0.3, 0.4) is 0 Å². The molecule has 0 fully saturated rings. The van der Waals surface area contributed by atoms with Crippen LogP contribution < -0.4 is 5.32 Å². The van der Waals surface area contributed by atoms with Crippen molar-refractivity contribution in [2.24, 2.45) is 0 Å². The van der Waals surface area contributed by atoms with Gasteiger partial charge in [-0.25, -0.2) is 18.0 Å². The normalized spacial score (nSPS) is 10.4. The molecule has 0 aliphatic heterocycles. The van der Waals surface area contributed by atoms with Gasteiger partial charge in [0, 0.05) is 0 Å². The zero-order valence-electron chi connectivity index (χ0n) is 10.7. The molecule has 1 amide bonds. The van der Waals surface area contributed by atoms with E-state index in [0.29, 0.717) is 18.2 Å². The molecule has 2 aromatic rings. The number of anilines is 1. The van der Waals surface area contributed by atoms with Gasteiger partial charge in [-0.3, -0.25) is 4.79 Å². The Morgan fingerprint density at radius 3 is 2.23 bits per heavy atom. The molecule has 2 N–H and O–H groups in total. The first-order chi connectivity index (χ1) is 10.3. The highest BCUT2D eigenvalue weighted by molar-refractivity contribution is 6.34. The highest BCUT2D eigenvalue weighted by Crippen LogP contribution is 2.22. The minimum absolute atomic E-state index is 0.304. The van der Waals surface area contributed by atoms with Gasteiger partial charge in [0.15, 0.2) is 11.6 Å². The molecule has 0 spiro atoms. The largest absolute Gasteiger partial charge is 0.478 e. The lowest BCUT2D eigenvalue weighted by atomic mass is 10.1. The molecule has 0 heterocycles.